The number of hydrogen-bond donors (Lipinski definition) is 0. The second kappa shape index (κ2) is 9.49. The Bertz CT molecular complexity index is 173. The third-order valence-corrected chi connectivity index (χ3v) is 2.36. The summed E-state index contributed by atoms with van der Waals surface area (Å²) in [6.45, 7) is 10.6. The van der Waals surface area contributed by atoms with Crippen molar-refractivity contribution in [3.63, 3.8) is 0 Å². The molecule has 3 heteroatoms. The molecule has 0 aromatic rings. The Morgan fingerprint density at radius 2 is 1.62 bits per heavy atom. The van der Waals surface area contributed by atoms with E-state index in [2.05, 4.69) is 27.7 Å². The van der Waals surface area contributed by atoms with Crippen LogP contribution in [-0.4, -0.2) is 30.7 Å². The van der Waals surface area contributed by atoms with Gasteiger partial charge in [-0.2, -0.15) is 0 Å². The van der Waals surface area contributed by atoms with Gasteiger partial charge in [0.25, 0.3) is 0 Å². The van der Waals surface area contributed by atoms with Gasteiger partial charge in [0.15, 0.2) is 0 Å². The number of hydrogen-bond acceptors (Lipinski definition) is 2. The molecule has 0 atom stereocenters. The summed E-state index contributed by atoms with van der Waals surface area (Å²) < 4.78 is 5.25. The summed E-state index contributed by atoms with van der Waals surface area (Å²) >= 11 is 0. The molecule has 3 nitrogen and oxygen atoms in total. The lowest BCUT2D eigenvalue weighted by Crippen LogP contribution is -2.34. The van der Waals surface area contributed by atoms with Crippen LogP contribution in [0.5, 0.6) is 0 Å². The van der Waals surface area contributed by atoms with Crippen LogP contribution in [0.3, 0.4) is 0 Å². The number of ether oxygens (including phenoxy) is 1. The first kappa shape index (κ1) is 15.3. The van der Waals surface area contributed by atoms with Crippen LogP contribution in [0.1, 0.15) is 53.4 Å². The summed E-state index contributed by atoms with van der Waals surface area (Å²) in [4.78, 5) is 13.6. The van der Waals surface area contributed by atoms with E-state index in [0.717, 1.165) is 38.8 Å². The normalized spacial score (nSPS) is 10.6. The zero-order valence-electron chi connectivity index (χ0n) is 11.3. The third kappa shape index (κ3) is 7.55. The Labute approximate surface area is 100 Å². The van der Waals surface area contributed by atoms with E-state index >= 15 is 0 Å². The Morgan fingerprint density at radius 3 is 2.00 bits per heavy atom. The molecule has 0 aliphatic rings. The van der Waals surface area contributed by atoms with Gasteiger partial charge in [-0.15, -0.1) is 0 Å². The minimum Gasteiger partial charge on any atom is -0.449 e. The van der Waals surface area contributed by atoms with E-state index in [1.54, 1.807) is 0 Å². The van der Waals surface area contributed by atoms with E-state index in [9.17, 15) is 4.79 Å². The summed E-state index contributed by atoms with van der Waals surface area (Å²) in [5, 5.41) is 0. The Morgan fingerprint density at radius 1 is 1.12 bits per heavy atom. The number of carbonyl (C=O) groups is 1. The lowest BCUT2D eigenvalue weighted by atomic mass is 10.2. The molecule has 0 unspecified atom stereocenters. The van der Waals surface area contributed by atoms with Gasteiger partial charge in [0.2, 0.25) is 0 Å². The summed E-state index contributed by atoms with van der Waals surface area (Å²) in [6, 6.07) is 0. The van der Waals surface area contributed by atoms with Crippen molar-refractivity contribution >= 4 is 6.09 Å². The highest BCUT2D eigenvalue weighted by Gasteiger charge is 2.13. The van der Waals surface area contributed by atoms with Gasteiger partial charge < -0.3 is 9.64 Å². The monoisotopic (exact) mass is 229 g/mol. The van der Waals surface area contributed by atoms with Gasteiger partial charge in [-0.05, 0) is 18.8 Å². The lowest BCUT2D eigenvalue weighted by molar-refractivity contribution is 0.0910. The van der Waals surface area contributed by atoms with Crippen LogP contribution >= 0.6 is 0 Å². The molecule has 0 bridgehead atoms. The second-order valence-corrected chi connectivity index (χ2v) is 4.66. The maximum Gasteiger partial charge on any atom is 0.409 e. The predicted molar refractivity (Wildman–Crippen MR) is 67.6 cm³/mol. The van der Waals surface area contributed by atoms with Gasteiger partial charge in [-0.3, -0.25) is 0 Å². The molecule has 0 N–H and O–H groups in total. The standard InChI is InChI=1S/C13H27NO2/c1-5-7-9-14(10-8-6-2)13(15)16-11-12(3)4/h12H,5-11H2,1-4H3. The smallest absolute Gasteiger partial charge is 0.409 e. The van der Waals surface area contributed by atoms with Crippen molar-refractivity contribution in [3.8, 4) is 0 Å². The number of nitrogens with zero attached hydrogens (tertiary/aromatic N) is 1. The van der Waals surface area contributed by atoms with Crippen LogP contribution in [0, 0.1) is 5.92 Å². The molecule has 0 aliphatic carbocycles. The predicted octanol–water partition coefficient (Wildman–Crippen LogP) is 3.68. The zero-order valence-corrected chi connectivity index (χ0v) is 11.3. The first-order valence-corrected chi connectivity index (χ1v) is 6.53. The molecule has 0 radical (unpaired) electrons. The quantitative estimate of drug-likeness (QED) is 0.635. The van der Waals surface area contributed by atoms with Gasteiger partial charge in [0, 0.05) is 13.1 Å². The van der Waals surface area contributed by atoms with E-state index in [1.165, 1.54) is 0 Å². The van der Waals surface area contributed by atoms with Crippen LogP contribution in [-0.2, 0) is 4.74 Å². The van der Waals surface area contributed by atoms with Crippen LogP contribution in [0.4, 0.5) is 4.79 Å². The molecule has 0 aliphatic heterocycles. The molecule has 0 aromatic carbocycles. The second-order valence-electron chi connectivity index (χ2n) is 4.66. The van der Waals surface area contributed by atoms with Crippen molar-refractivity contribution in [2.24, 2.45) is 5.92 Å². The van der Waals surface area contributed by atoms with Crippen molar-refractivity contribution in [2.45, 2.75) is 53.4 Å². The molecule has 16 heavy (non-hydrogen) atoms. The highest BCUT2D eigenvalue weighted by atomic mass is 16.6. The molecule has 0 fully saturated rings. The third-order valence-electron chi connectivity index (χ3n) is 2.36. The van der Waals surface area contributed by atoms with Crippen LogP contribution < -0.4 is 0 Å². The van der Waals surface area contributed by atoms with E-state index in [-0.39, 0.29) is 6.09 Å². The first-order chi connectivity index (χ1) is 7.61. The van der Waals surface area contributed by atoms with Crippen LogP contribution in [0.25, 0.3) is 0 Å². The van der Waals surface area contributed by atoms with Crippen molar-refractivity contribution < 1.29 is 9.53 Å². The van der Waals surface area contributed by atoms with Gasteiger partial charge in [0.1, 0.15) is 0 Å². The van der Waals surface area contributed by atoms with Gasteiger partial charge >= 0.3 is 6.09 Å². The van der Waals surface area contributed by atoms with E-state index in [4.69, 9.17) is 4.74 Å². The molecule has 0 saturated carbocycles. The summed E-state index contributed by atoms with van der Waals surface area (Å²) in [5.74, 6) is 0.406. The van der Waals surface area contributed by atoms with Gasteiger partial charge in [-0.1, -0.05) is 40.5 Å². The fraction of sp³-hybridized carbons (Fsp3) is 0.923. The number of rotatable bonds is 8. The molecule has 0 heterocycles. The van der Waals surface area contributed by atoms with Gasteiger partial charge in [-0.25, -0.2) is 4.79 Å². The van der Waals surface area contributed by atoms with E-state index in [0.29, 0.717) is 12.5 Å². The largest absolute Gasteiger partial charge is 0.449 e. The SMILES string of the molecule is CCCCN(CCCC)C(=O)OCC(C)C. The minimum absolute atomic E-state index is 0.143. The molecule has 1 amide bonds. The highest BCUT2D eigenvalue weighted by Crippen LogP contribution is 2.03. The summed E-state index contributed by atoms with van der Waals surface area (Å²) in [7, 11) is 0. The van der Waals surface area contributed by atoms with E-state index in [1.807, 2.05) is 4.90 Å². The van der Waals surface area contributed by atoms with Crippen molar-refractivity contribution in [1.82, 2.24) is 4.90 Å². The highest BCUT2D eigenvalue weighted by molar-refractivity contribution is 5.67. The molecule has 0 saturated heterocycles. The maximum atomic E-state index is 11.8. The number of amides is 1. The summed E-state index contributed by atoms with van der Waals surface area (Å²) in [5.41, 5.74) is 0. The molecular formula is C13H27NO2. The molecule has 96 valence electrons. The average molecular weight is 229 g/mol. The fourth-order valence-corrected chi connectivity index (χ4v) is 1.32. The first-order valence-electron chi connectivity index (χ1n) is 6.53. The Hall–Kier alpha value is -0.730. The zero-order chi connectivity index (χ0) is 12.4. The Kier molecular flexibility index (Phi) is 9.06. The molecule has 0 aromatic heterocycles. The number of carbonyl (C=O) groups excluding carboxylic acids is 1. The maximum absolute atomic E-state index is 11.8. The topological polar surface area (TPSA) is 29.5 Å². The average Bonchev–Trinajstić information content (AvgIpc) is 2.26. The van der Waals surface area contributed by atoms with Crippen molar-refractivity contribution in [2.75, 3.05) is 19.7 Å². The molecule has 0 rings (SSSR count). The van der Waals surface area contributed by atoms with Crippen molar-refractivity contribution in [1.29, 1.82) is 0 Å². The summed E-state index contributed by atoms with van der Waals surface area (Å²) in [6.07, 6.45) is 4.19. The molecule has 0 spiro atoms. The number of unbranched alkanes of at least 4 members (excludes halogenated alkanes) is 2. The Balaban J connectivity index is 3.98. The van der Waals surface area contributed by atoms with E-state index < -0.39 is 0 Å². The fourth-order valence-electron chi connectivity index (χ4n) is 1.32. The van der Waals surface area contributed by atoms with Crippen LogP contribution in [0.2, 0.25) is 0 Å². The molecular weight excluding hydrogens is 202 g/mol. The lowest BCUT2D eigenvalue weighted by Gasteiger charge is -2.22. The minimum atomic E-state index is -0.143. The van der Waals surface area contributed by atoms with Gasteiger partial charge in [0.05, 0.1) is 6.61 Å². The van der Waals surface area contributed by atoms with Crippen LogP contribution in [0.15, 0.2) is 0 Å². The van der Waals surface area contributed by atoms with Crippen molar-refractivity contribution in [3.05, 3.63) is 0 Å².